The first-order valence-corrected chi connectivity index (χ1v) is 8.53. The van der Waals surface area contributed by atoms with Crippen molar-refractivity contribution in [1.29, 1.82) is 0 Å². The number of nitrogens with zero attached hydrogens (tertiary/aromatic N) is 2. The Balaban J connectivity index is 2.18. The lowest BCUT2D eigenvalue weighted by atomic mass is 9.76. The van der Waals surface area contributed by atoms with Gasteiger partial charge in [0.2, 0.25) is 0 Å². The second-order valence-electron chi connectivity index (χ2n) is 6.95. The number of aryl methyl sites for hydroxylation is 2. The van der Waals surface area contributed by atoms with Crippen LogP contribution in [0.2, 0.25) is 0 Å². The molecule has 0 aromatic carbocycles. The maximum atomic E-state index is 12.0. The van der Waals surface area contributed by atoms with Crippen molar-refractivity contribution in [2.45, 2.75) is 39.7 Å². The minimum atomic E-state index is -0.845. The quantitative estimate of drug-likeness (QED) is 0.929. The highest BCUT2D eigenvalue weighted by molar-refractivity contribution is 7.16. The van der Waals surface area contributed by atoms with Crippen molar-refractivity contribution in [3.05, 3.63) is 27.9 Å². The van der Waals surface area contributed by atoms with Gasteiger partial charge in [-0.25, -0.2) is 4.79 Å². The number of fused-ring (bicyclic) bond motifs is 1. The third-order valence-corrected chi connectivity index (χ3v) is 5.74. The van der Waals surface area contributed by atoms with E-state index in [1.54, 1.807) is 23.1 Å². The summed E-state index contributed by atoms with van der Waals surface area (Å²) >= 11 is 1.61. The van der Waals surface area contributed by atoms with E-state index in [1.807, 2.05) is 13.2 Å². The zero-order valence-electron chi connectivity index (χ0n) is 14.0. The van der Waals surface area contributed by atoms with Gasteiger partial charge in [0.05, 0.1) is 22.7 Å². The Morgan fingerprint density at radius 3 is 2.91 bits per heavy atom. The third kappa shape index (κ3) is 2.93. The van der Waals surface area contributed by atoms with Crippen LogP contribution in [-0.4, -0.2) is 28.0 Å². The van der Waals surface area contributed by atoms with Crippen molar-refractivity contribution in [3.8, 4) is 10.4 Å². The summed E-state index contributed by atoms with van der Waals surface area (Å²) < 4.78 is 6.94. The predicted molar refractivity (Wildman–Crippen MR) is 90.0 cm³/mol. The summed E-state index contributed by atoms with van der Waals surface area (Å²) in [6.07, 6.45) is 4.76. The van der Waals surface area contributed by atoms with E-state index in [2.05, 4.69) is 18.9 Å². The van der Waals surface area contributed by atoms with Crippen molar-refractivity contribution in [2.24, 2.45) is 12.5 Å². The Labute approximate surface area is 139 Å². The highest BCUT2D eigenvalue weighted by Gasteiger charge is 2.33. The summed E-state index contributed by atoms with van der Waals surface area (Å²) in [6, 6.07) is 0. The standard InChI is InChI=1S/C17H22N2O3S/c1-17(2)6-5-13-10(7-17)14(16(20)21)15(23-13)11-8-19(3)18-12(11)9-22-4/h8H,5-7,9H2,1-4H3,(H,20,21). The lowest BCUT2D eigenvalue weighted by Gasteiger charge is -2.29. The maximum Gasteiger partial charge on any atom is 0.337 e. The highest BCUT2D eigenvalue weighted by atomic mass is 32.1. The molecule has 6 heteroatoms. The molecule has 0 saturated heterocycles. The Bertz CT molecular complexity index is 758. The zero-order chi connectivity index (χ0) is 16.8. The predicted octanol–water partition coefficient (Wildman–Crippen LogP) is 3.51. The summed E-state index contributed by atoms with van der Waals surface area (Å²) in [4.78, 5) is 14.0. The maximum absolute atomic E-state index is 12.0. The monoisotopic (exact) mass is 334 g/mol. The SMILES string of the molecule is COCc1nn(C)cc1-c1sc2c(c1C(=O)O)CC(C)(C)CC2. The number of rotatable bonds is 4. The van der Waals surface area contributed by atoms with Crippen LogP contribution in [0, 0.1) is 5.41 Å². The molecule has 5 nitrogen and oxygen atoms in total. The van der Waals surface area contributed by atoms with E-state index in [-0.39, 0.29) is 5.41 Å². The van der Waals surface area contributed by atoms with Crippen molar-refractivity contribution in [3.63, 3.8) is 0 Å². The average molecular weight is 334 g/mol. The molecule has 0 spiro atoms. The van der Waals surface area contributed by atoms with E-state index in [4.69, 9.17) is 4.74 Å². The molecular formula is C17H22N2O3S. The summed E-state index contributed by atoms with van der Waals surface area (Å²) in [5.41, 5.74) is 3.29. The molecule has 2 aromatic rings. The van der Waals surface area contributed by atoms with E-state index in [0.717, 1.165) is 41.0 Å². The molecule has 0 bridgehead atoms. The van der Waals surface area contributed by atoms with E-state index >= 15 is 0 Å². The molecule has 0 fully saturated rings. The summed E-state index contributed by atoms with van der Waals surface area (Å²) in [5, 5.41) is 14.2. The van der Waals surface area contributed by atoms with Gasteiger partial charge < -0.3 is 9.84 Å². The molecule has 23 heavy (non-hydrogen) atoms. The number of aromatic nitrogens is 2. The van der Waals surface area contributed by atoms with Gasteiger partial charge in [-0.2, -0.15) is 5.10 Å². The van der Waals surface area contributed by atoms with Crippen molar-refractivity contribution in [1.82, 2.24) is 9.78 Å². The molecule has 0 unspecified atom stereocenters. The molecule has 0 radical (unpaired) electrons. The van der Waals surface area contributed by atoms with Gasteiger partial charge in [-0.05, 0) is 30.2 Å². The van der Waals surface area contributed by atoms with E-state index in [9.17, 15) is 9.90 Å². The molecule has 2 heterocycles. The molecule has 1 aliphatic carbocycles. The van der Waals surface area contributed by atoms with Crippen LogP contribution >= 0.6 is 11.3 Å². The van der Waals surface area contributed by atoms with Gasteiger partial charge in [0.25, 0.3) is 0 Å². The first-order valence-electron chi connectivity index (χ1n) is 7.72. The van der Waals surface area contributed by atoms with Crippen molar-refractivity contribution < 1.29 is 14.6 Å². The van der Waals surface area contributed by atoms with Crippen molar-refractivity contribution >= 4 is 17.3 Å². The Hall–Kier alpha value is -1.66. The minimum Gasteiger partial charge on any atom is -0.478 e. The molecule has 124 valence electrons. The van der Waals surface area contributed by atoms with Crippen LogP contribution in [0.15, 0.2) is 6.20 Å². The van der Waals surface area contributed by atoms with Crippen LogP contribution in [0.25, 0.3) is 10.4 Å². The zero-order valence-corrected chi connectivity index (χ0v) is 14.8. The lowest BCUT2D eigenvalue weighted by Crippen LogP contribution is -2.22. The Morgan fingerprint density at radius 1 is 1.52 bits per heavy atom. The fourth-order valence-corrected chi connectivity index (χ4v) is 4.64. The molecule has 0 atom stereocenters. The Kier molecular flexibility index (Phi) is 4.06. The fourth-order valence-electron chi connectivity index (χ4n) is 3.30. The smallest absolute Gasteiger partial charge is 0.337 e. The van der Waals surface area contributed by atoms with Gasteiger partial charge >= 0.3 is 5.97 Å². The number of hydrogen-bond donors (Lipinski definition) is 1. The number of methoxy groups -OCH3 is 1. The van der Waals surface area contributed by atoms with Gasteiger partial charge in [0.15, 0.2) is 0 Å². The highest BCUT2D eigenvalue weighted by Crippen LogP contribution is 2.45. The van der Waals surface area contributed by atoms with E-state index in [1.165, 1.54) is 4.88 Å². The largest absolute Gasteiger partial charge is 0.478 e. The molecule has 1 aliphatic rings. The fraction of sp³-hybridized carbons (Fsp3) is 0.529. The first-order chi connectivity index (χ1) is 10.8. The number of ether oxygens (including phenoxy) is 1. The minimum absolute atomic E-state index is 0.153. The second-order valence-corrected chi connectivity index (χ2v) is 8.06. The van der Waals surface area contributed by atoms with Gasteiger partial charge in [-0.3, -0.25) is 4.68 Å². The van der Waals surface area contributed by atoms with Gasteiger partial charge in [-0.1, -0.05) is 13.8 Å². The topological polar surface area (TPSA) is 64.4 Å². The third-order valence-electron chi connectivity index (χ3n) is 4.42. The van der Waals surface area contributed by atoms with Gasteiger partial charge in [0, 0.05) is 30.8 Å². The van der Waals surface area contributed by atoms with Crippen LogP contribution < -0.4 is 0 Å². The van der Waals surface area contributed by atoms with Gasteiger partial charge in [-0.15, -0.1) is 11.3 Å². The summed E-state index contributed by atoms with van der Waals surface area (Å²) in [6.45, 7) is 4.79. The van der Waals surface area contributed by atoms with Crippen molar-refractivity contribution in [2.75, 3.05) is 7.11 Å². The van der Waals surface area contributed by atoms with E-state index < -0.39 is 5.97 Å². The molecule has 2 aromatic heterocycles. The number of hydrogen-bond acceptors (Lipinski definition) is 4. The molecule has 0 amide bonds. The lowest BCUT2D eigenvalue weighted by molar-refractivity contribution is 0.0696. The Morgan fingerprint density at radius 2 is 2.26 bits per heavy atom. The number of thiophene rings is 1. The normalized spacial score (nSPS) is 16.3. The van der Waals surface area contributed by atoms with Crippen LogP contribution in [-0.2, 0) is 31.2 Å². The average Bonchev–Trinajstić information content (AvgIpc) is 2.98. The number of carbonyl (C=O) groups is 1. The van der Waals surface area contributed by atoms with Crippen LogP contribution in [0.5, 0.6) is 0 Å². The van der Waals surface area contributed by atoms with Crippen LogP contribution in [0.4, 0.5) is 0 Å². The molecular weight excluding hydrogens is 312 g/mol. The number of carboxylic acid groups (broad SMARTS) is 1. The number of aromatic carboxylic acids is 1. The summed E-state index contributed by atoms with van der Waals surface area (Å²) in [5.74, 6) is -0.845. The first kappa shape index (κ1) is 16.2. The van der Waals surface area contributed by atoms with Gasteiger partial charge in [0.1, 0.15) is 0 Å². The second kappa shape index (κ2) is 5.76. The summed E-state index contributed by atoms with van der Waals surface area (Å²) in [7, 11) is 3.47. The molecule has 1 N–H and O–H groups in total. The molecule has 0 saturated carbocycles. The van der Waals surface area contributed by atoms with Crippen LogP contribution in [0.3, 0.4) is 0 Å². The molecule has 3 rings (SSSR count). The van der Waals surface area contributed by atoms with Crippen LogP contribution in [0.1, 0.15) is 46.8 Å². The van der Waals surface area contributed by atoms with E-state index in [0.29, 0.717) is 12.2 Å². The molecule has 0 aliphatic heterocycles. The number of carboxylic acids is 1.